The van der Waals surface area contributed by atoms with Gasteiger partial charge in [0.05, 0.1) is 19.7 Å². The fraction of sp³-hybridized carbons (Fsp3) is 0.300. The lowest BCUT2D eigenvalue weighted by Crippen LogP contribution is -2.21. The van der Waals surface area contributed by atoms with E-state index >= 15 is 0 Å². The van der Waals surface area contributed by atoms with Gasteiger partial charge in [0.2, 0.25) is 5.28 Å². The molecule has 1 N–H and O–H groups in total. The van der Waals surface area contributed by atoms with Crippen LogP contribution in [0.3, 0.4) is 0 Å². The summed E-state index contributed by atoms with van der Waals surface area (Å²) in [4.78, 5) is 10.9. The molecule has 0 atom stereocenters. The van der Waals surface area contributed by atoms with E-state index < -0.39 is 0 Å². The molecule has 0 amide bonds. The number of rotatable bonds is 7. The molecule has 3 aromatic rings. The fourth-order valence-electron chi connectivity index (χ4n) is 3.00. The van der Waals surface area contributed by atoms with Gasteiger partial charge >= 0.3 is 0 Å². The van der Waals surface area contributed by atoms with E-state index in [1.54, 1.807) is 20.3 Å². The van der Waals surface area contributed by atoms with E-state index in [9.17, 15) is 0 Å². The van der Waals surface area contributed by atoms with Crippen molar-refractivity contribution in [1.82, 2.24) is 9.97 Å². The molecule has 0 aliphatic rings. The highest BCUT2D eigenvalue weighted by atomic mass is 35.5. The Bertz CT molecular complexity index is 927. The number of anilines is 3. The summed E-state index contributed by atoms with van der Waals surface area (Å²) in [5, 5.41) is 4.29. The summed E-state index contributed by atoms with van der Waals surface area (Å²) in [6.07, 6.45) is 0. The summed E-state index contributed by atoms with van der Waals surface area (Å²) >= 11 is 6.12. The highest BCUT2D eigenvalue weighted by Gasteiger charge is 2.13. The summed E-state index contributed by atoms with van der Waals surface area (Å²) in [7, 11) is 3.18. The number of methoxy groups -OCH3 is 2. The lowest BCUT2D eigenvalue weighted by atomic mass is 10.2. The Balaban J connectivity index is 1.99. The van der Waals surface area contributed by atoms with Gasteiger partial charge < -0.3 is 19.7 Å². The predicted molar refractivity (Wildman–Crippen MR) is 111 cm³/mol. The van der Waals surface area contributed by atoms with E-state index in [0.29, 0.717) is 22.8 Å². The van der Waals surface area contributed by atoms with Crippen LogP contribution in [0, 0.1) is 0 Å². The van der Waals surface area contributed by atoms with Crippen LogP contribution in [-0.4, -0.2) is 37.3 Å². The minimum absolute atomic E-state index is 0.164. The maximum Gasteiger partial charge on any atom is 0.224 e. The van der Waals surface area contributed by atoms with Gasteiger partial charge in [0.1, 0.15) is 5.82 Å². The first-order valence-corrected chi connectivity index (χ1v) is 9.18. The summed E-state index contributed by atoms with van der Waals surface area (Å²) in [6.45, 7) is 6.23. The molecular weight excluding hydrogens is 364 g/mol. The van der Waals surface area contributed by atoms with Crippen molar-refractivity contribution < 1.29 is 9.47 Å². The Labute approximate surface area is 164 Å². The molecule has 27 heavy (non-hydrogen) atoms. The Hall–Kier alpha value is -2.73. The van der Waals surface area contributed by atoms with Gasteiger partial charge in [-0.15, -0.1) is 0 Å². The number of nitrogens with one attached hydrogen (secondary N) is 1. The second-order valence-corrected chi connectivity index (χ2v) is 6.25. The average Bonchev–Trinajstić information content (AvgIpc) is 2.69. The lowest BCUT2D eigenvalue weighted by Gasteiger charge is -2.21. The third-order valence-corrected chi connectivity index (χ3v) is 4.60. The Kier molecular flexibility index (Phi) is 5.86. The van der Waals surface area contributed by atoms with Crippen molar-refractivity contribution in [3.63, 3.8) is 0 Å². The van der Waals surface area contributed by atoms with Gasteiger partial charge in [-0.1, -0.05) is 0 Å². The van der Waals surface area contributed by atoms with Crippen molar-refractivity contribution in [3.05, 3.63) is 41.7 Å². The Morgan fingerprint density at radius 1 is 0.963 bits per heavy atom. The van der Waals surface area contributed by atoms with Crippen LogP contribution in [0.4, 0.5) is 17.2 Å². The third-order valence-electron chi connectivity index (χ3n) is 4.43. The number of hydrogen-bond acceptors (Lipinski definition) is 6. The topological polar surface area (TPSA) is 59.5 Å². The molecule has 0 fully saturated rings. The molecule has 0 aliphatic carbocycles. The quantitative estimate of drug-likeness (QED) is 0.583. The summed E-state index contributed by atoms with van der Waals surface area (Å²) in [6, 6.07) is 11.9. The normalized spacial score (nSPS) is 10.7. The van der Waals surface area contributed by atoms with E-state index in [1.165, 1.54) is 5.69 Å². The number of aromatic nitrogens is 2. The van der Waals surface area contributed by atoms with Gasteiger partial charge in [0, 0.05) is 35.9 Å². The molecule has 0 radical (unpaired) electrons. The zero-order valence-electron chi connectivity index (χ0n) is 15.9. The number of nitrogens with zero attached hydrogens (tertiary/aromatic N) is 3. The third kappa shape index (κ3) is 4.01. The van der Waals surface area contributed by atoms with Gasteiger partial charge in [0.15, 0.2) is 11.5 Å². The van der Waals surface area contributed by atoms with Crippen molar-refractivity contribution in [3.8, 4) is 11.5 Å². The molecule has 0 unspecified atom stereocenters. The van der Waals surface area contributed by atoms with Crippen molar-refractivity contribution in [2.75, 3.05) is 37.5 Å². The van der Waals surface area contributed by atoms with Crippen LogP contribution in [0.15, 0.2) is 36.4 Å². The smallest absolute Gasteiger partial charge is 0.224 e. The van der Waals surface area contributed by atoms with Crippen LogP contribution in [-0.2, 0) is 0 Å². The SMILES string of the molecule is CCN(CC)c1ccc(Nc2nc(Cl)nc3cc(OC)c(OC)cc23)cc1. The second-order valence-electron chi connectivity index (χ2n) is 5.91. The molecule has 7 heteroatoms. The van der Waals surface area contributed by atoms with Gasteiger partial charge in [-0.3, -0.25) is 0 Å². The van der Waals surface area contributed by atoms with Crippen LogP contribution >= 0.6 is 11.6 Å². The lowest BCUT2D eigenvalue weighted by molar-refractivity contribution is 0.356. The Morgan fingerprint density at radius 2 is 1.59 bits per heavy atom. The van der Waals surface area contributed by atoms with E-state index in [0.717, 1.165) is 24.2 Å². The van der Waals surface area contributed by atoms with E-state index in [4.69, 9.17) is 21.1 Å². The van der Waals surface area contributed by atoms with E-state index in [-0.39, 0.29) is 5.28 Å². The summed E-state index contributed by atoms with van der Waals surface area (Å²) in [5.74, 6) is 1.81. The van der Waals surface area contributed by atoms with Gasteiger partial charge in [-0.2, -0.15) is 4.98 Å². The van der Waals surface area contributed by atoms with Crippen LogP contribution in [0.5, 0.6) is 11.5 Å². The first-order chi connectivity index (χ1) is 13.1. The molecule has 0 saturated heterocycles. The monoisotopic (exact) mass is 386 g/mol. The van der Waals surface area contributed by atoms with Crippen LogP contribution in [0.1, 0.15) is 13.8 Å². The maximum atomic E-state index is 6.12. The zero-order chi connectivity index (χ0) is 19.4. The first-order valence-electron chi connectivity index (χ1n) is 8.80. The summed E-state index contributed by atoms with van der Waals surface area (Å²) in [5.41, 5.74) is 2.77. The first kappa shape index (κ1) is 19.0. The molecular formula is C20H23ClN4O2. The maximum absolute atomic E-state index is 6.12. The second kappa shape index (κ2) is 8.31. The molecule has 1 heterocycles. The molecule has 0 aliphatic heterocycles. The highest BCUT2D eigenvalue weighted by Crippen LogP contribution is 2.35. The zero-order valence-corrected chi connectivity index (χ0v) is 16.7. The number of hydrogen-bond donors (Lipinski definition) is 1. The van der Waals surface area contributed by atoms with Crippen LogP contribution in [0.25, 0.3) is 10.9 Å². The molecule has 0 bridgehead atoms. The average molecular weight is 387 g/mol. The number of halogens is 1. The van der Waals surface area contributed by atoms with E-state index in [1.807, 2.05) is 18.2 Å². The van der Waals surface area contributed by atoms with Crippen LogP contribution < -0.4 is 19.7 Å². The number of fused-ring (bicyclic) bond motifs is 1. The van der Waals surface area contributed by atoms with Crippen LogP contribution in [0.2, 0.25) is 5.28 Å². The van der Waals surface area contributed by atoms with Gasteiger partial charge in [-0.25, -0.2) is 4.98 Å². The molecule has 0 spiro atoms. The van der Waals surface area contributed by atoms with Crippen molar-refractivity contribution in [2.45, 2.75) is 13.8 Å². The standard InChI is InChI=1S/C20H23ClN4O2/c1-5-25(6-2)14-9-7-13(8-10-14)22-19-15-11-17(26-3)18(27-4)12-16(15)23-20(21)24-19/h7-12H,5-6H2,1-4H3,(H,22,23,24). The molecule has 1 aromatic heterocycles. The minimum atomic E-state index is 0.164. The van der Waals surface area contributed by atoms with Gasteiger partial charge in [0.25, 0.3) is 0 Å². The fourth-order valence-corrected chi connectivity index (χ4v) is 3.18. The Morgan fingerprint density at radius 3 is 2.19 bits per heavy atom. The number of ether oxygens (including phenoxy) is 2. The van der Waals surface area contributed by atoms with Crippen molar-refractivity contribution in [1.29, 1.82) is 0 Å². The molecule has 3 rings (SSSR count). The molecule has 0 saturated carbocycles. The molecule has 2 aromatic carbocycles. The highest BCUT2D eigenvalue weighted by molar-refractivity contribution is 6.28. The number of benzene rings is 2. The van der Waals surface area contributed by atoms with E-state index in [2.05, 4.69) is 46.2 Å². The minimum Gasteiger partial charge on any atom is -0.493 e. The molecule has 142 valence electrons. The van der Waals surface area contributed by atoms with Crippen molar-refractivity contribution >= 4 is 39.7 Å². The summed E-state index contributed by atoms with van der Waals surface area (Å²) < 4.78 is 10.7. The predicted octanol–water partition coefficient (Wildman–Crippen LogP) is 4.89. The van der Waals surface area contributed by atoms with Crippen molar-refractivity contribution in [2.24, 2.45) is 0 Å². The molecule has 6 nitrogen and oxygen atoms in total. The largest absolute Gasteiger partial charge is 0.493 e. The van der Waals surface area contributed by atoms with Gasteiger partial charge in [-0.05, 0) is 55.8 Å².